The first-order chi connectivity index (χ1) is 4.43. The van der Waals surface area contributed by atoms with E-state index in [1.165, 1.54) is 0 Å². The fraction of sp³-hybridized carbons (Fsp3) is 0.333. The summed E-state index contributed by atoms with van der Waals surface area (Å²) in [5.41, 5.74) is 0. The Balaban J connectivity index is 2.61. The van der Waals surface area contributed by atoms with Crippen LogP contribution in [0.25, 0.3) is 0 Å². The highest BCUT2D eigenvalue weighted by molar-refractivity contribution is 4.98. The molecule has 0 spiro atoms. The topological polar surface area (TPSA) is 35.0 Å². The number of hydrogen-bond acceptors (Lipinski definition) is 3. The van der Waals surface area contributed by atoms with E-state index in [0.717, 1.165) is 0 Å². The number of hydrogen-bond donors (Lipinski definition) is 0. The summed E-state index contributed by atoms with van der Waals surface area (Å²) in [4.78, 5) is 7.52. The van der Waals surface area contributed by atoms with Crippen molar-refractivity contribution in [3.8, 4) is 5.88 Å². The molecule has 0 amide bonds. The van der Waals surface area contributed by atoms with Gasteiger partial charge in [0, 0.05) is 12.4 Å². The molecule has 0 fully saturated rings. The molecular formula is C6H7N2O. The summed E-state index contributed by atoms with van der Waals surface area (Å²) in [5.74, 6) is 0.458. The average molecular weight is 123 g/mol. The van der Waals surface area contributed by atoms with Crippen LogP contribution >= 0.6 is 0 Å². The molecule has 0 aromatic carbocycles. The van der Waals surface area contributed by atoms with E-state index in [4.69, 9.17) is 4.74 Å². The molecular weight excluding hydrogens is 116 g/mol. The molecule has 0 N–H and O–H groups in total. The van der Waals surface area contributed by atoms with Crippen LogP contribution in [0, 0.1) is 6.20 Å². The van der Waals surface area contributed by atoms with Crippen molar-refractivity contribution in [2.45, 2.75) is 6.92 Å². The number of ether oxygens (including phenoxy) is 1. The van der Waals surface area contributed by atoms with Gasteiger partial charge in [-0.25, -0.2) is 9.97 Å². The van der Waals surface area contributed by atoms with E-state index in [1.54, 1.807) is 12.4 Å². The van der Waals surface area contributed by atoms with Crippen molar-refractivity contribution in [2.75, 3.05) is 6.61 Å². The largest absolute Gasteiger partial charge is 0.476 e. The maximum atomic E-state index is 4.98. The summed E-state index contributed by atoms with van der Waals surface area (Å²) in [6.45, 7) is 2.50. The summed E-state index contributed by atoms with van der Waals surface area (Å²) in [7, 11) is 0. The van der Waals surface area contributed by atoms with Crippen molar-refractivity contribution in [1.29, 1.82) is 0 Å². The molecule has 1 radical (unpaired) electrons. The van der Waals surface area contributed by atoms with Gasteiger partial charge in [0.25, 0.3) is 0 Å². The van der Waals surface area contributed by atoms with Gasteiger partial charge in [-0.2, -0.15) is 0 Å². The van der Waals surface area contributed by atoms with E-state index in [0.29, 0.717) is 12.5 Å². The lowest BCUT2D eigenvalue weighted by Crippen LogP contribution is -1.93. The van der Waals surface area contributed by atoms with E-state index >= 15 is 0 Å². The summed E-state index contributed by atoms with van der Waals surface area (Å²) in [5, 5.41) is 0. The van der Waals surface area contributed by atoms with Crippen LogP contribution in [0.3, 0.4) is 0 Å². The maximum Gasteiger partial charge on any atom is 0.242 e. The summed E-state index contributed by atoms with van der Waals surface area (Å²) in [6, 6.07) is 0. The summed E-state index contributed by atoms with van der Waals surface area (Å²) < 4.78 is 4.98. The normalized spacial score (nSPS) is 9.00. The molecule has 0 aliphatic rings. The predicted molar refractivity (Wildman–Crippen MR) is 32.0 cm³/mol. The van der Waals surface area contributed by atoms with Gasteiger partial charge in [-0.1, -0.05) is 0 Å². The van der Waals surface area contributed by atoms with E-state index in [-0.39, 0.29) is 0 Å². The zero-order valence-electron chi connectivity index (χ0n) is 5.16. The van der Waals surface area contributed by atoms with Crippen LogP contribution < -0.4 is 4.74 Å². The Bertz CT molecular complexity index is 164. The van der Waals surface area contributed by atoms with Crippen molar-refractivity contribution in [1.82, 2.24) is 9.97 Å². The van der Waals surface area contributed by atoms with Gasteiger partial charge < -0.3 is 4.74 Å². The smallest absolute Gasteiger partial charge is 0.242 e. The molecule has 1 aromatic heterocycles. The highest BCUT2D eigenvalue weighted by Crippen LogP contribution is 1.97. The maximum absolute atomic E-state index is 4.98. The Morgan fingerprint density at radius 2 is 2.56 bits per heavy atom. The van der Waals surface area contributed by atoms with E-state index in [9.17, 15) is 0 Å². The summed E-state index contributed by atoms with van der Waals surface area (Å²) in [6.07, 6.45) is 5.71. The van der Waals surface area contributed by atoms with Crippen LogP contribution in [-0.2, 0) is 0 Å². The lowest BCUT2D eigenvalue weighted by molar-refractivity contribution is 0.324. The van der Waals surface area contributed by atoms with Gasteiger partial charge in [-0.15, -0.1) is 0 Å². The molecule has 9 heavy (non-hydrogen) atoms. The number of nitrogens with zero attached hydrogens (tertiary/aromatic N) is 2. The van der Waals surface area contributed by atoms with Gasteiger partial charge in [0.2, 0.25) is 5.88 Å². The van der Waals surface area contributed by atoms with Gasteiger partial charge >= 0.3 is 0 Å². The Hall–Kier alpha value is -1.12. The molecule has 0 saturated carbocycles. The second-order valence-electron chi connectivity index (χ2n) is 1.41. The highest BCUT2D eigenvalue weighted by atomic mass is 16.5. The van der Waals surface area contributed by atoms with E-state index < -0.39 is 0 Å². The van der Waals surface area contributed by atoms with Crippen molar-refractivity contribution < 1.29 is 4.74 Å². The fourth-order valence-corrected chi connectivity index (χ4v) is 0.462. The summed E-state index contributed by atoms with van der Waals surface area (Å²) >= 11 is 0. The van der Waals surface area contributed by atoms with Gasteiger partial charge in [-0.3, -0.25) is 0 Å². The Morgan fingerprint density at radius 1 is 1.67 bits per heavy atom. The first kappa shape index (κ1) is 6.01. The lowest BCUT2D eigenvalue weighted by Gasteiger charge is -1.96. The standard InChI is InChI=1S/C6H7N2O/c1-2-9-6-5-7-3-4-8-6/h3-4H,2H2,1H3. The zero-order valence-corrected chi connectivity index (χ0v) is 5.16. The molecule has 0 unspecified atom stereocenters. The molecule has 1 aromatic rings. The Morgan fingerprint density at radius 3 is 3.11 bits per heavy atom. The molecule has 3 heteroatoms. The molecule has 1 rings (SSSR count). The number of rotatable bonds is 2. The zero-order chi connectivity index (χ0) is 6.53. The minimum Gasteiger partial charge on any atom is -0.476 e. The van der Waals surface area contributed by atoms with Crippen LogP contribution in [0.5, 0.6) is 5.88 Å². The molecule has 0 aliphatic carbocycles. The minimum absolute atomic E-state index is 0.458. The molecule has 47 valence electrons. The van der Waals surface area contributed by atoms with Crippen LogP contribution in [0.4, 0.5) is 0 Å². The highest BCUT2D eigenvalue weighted by Gasteiger charge is 1.88. The van der Waals surface area contributed by atoms with Crippen LogP contribution in [0.1, 0.15) is 6.92 Å². The molecule has 0 saturated heterocycles. The van der Waals surface area contributed by atoms with Crippen molar-refractivity contribution in [2.24, 2.45) is 0 Å². The lowest BCUT2D eigenvalue weighted by atomic mass is 10.7. The third-order valence-electron chi connectivity index (χ3n) is 0.774. The molecule has 0 atom stereocenters. The molecule has 1 heterocycles. The fourth-order valence-electron chi connectivity index (χ4n) is 0.462. The quantitative estimate of drug-likeness (QED) is 0.580. The second kappa shape index (κ2) is 3.02. The Labute approximate surface area is 53.7 Å². The van der Waals surface area contributed by atoms with Crippen molar-refractivity contribution >= 4 is 0 Å². The van der Waals surface area contributed by atoms with Crippen LogP contribution in [-0.4, -0.2) is 16.6 Å². The first-order valence-electron chi connectivity index (χ1n) is 2.75. The second-order valence-corrected chi connectivity index (χ2v) is 1.41. The number of aromatic nitrogens is 2. The van der Waals surface area contributed by atoms with Gasteiger partial charge in [0.05, 0.1) is 6.61 Å². The van der Waals surface area contributed by atoms with E-state index in [2.05, 4.69) is 16.2 Å². The first-order valence-corrected chi connectivity index (χ1v) is 2.75. The molecule has 0 bridgehead atoms. The molecule has 0 aliphatic heterocycles. The SMILES string of the molecule is CCOc1[c]nccn1. The molecule has 3 nitrogen and oxygen atoms in total. The third kappa shape index (κ3) is 1.68. The van der Waals surface area contributed by atoms with Crippen LogP contribution in [0.2, 0.25) is 0 Å². The Kier molecular flexibility index (Phi) is 2.01. The third-order valence-corrected chi connectivity index (χ3v) is 0.774. The average Bonchev–Trinajstić information content (AvgIpc) is 1.91. The monoisotopic (exact) mass is 123 g/mol. The van der Waals surface area contributed by atoms with E-state index in [1.807, 2.05) is 6.92 Å². The van der Waals surface area contributed by atoms with Crippen molar-refractivity contribution in [3.05, 3.63) is 18.6 Å². The predicted octanol–water partition coefficient (Wildman–Crippen LogP) is 0.675. The minimum atomic E-state index is 0.458. The van der Waals surface area contributed by atoms with Gasteiger partial charge in [0.15, 0.2) is 6.20 Å². The van der Waals surface area contributed by atoms with Gasteiger partial charge in [-0.05, 0) is 6.92 Å². The van der Waals surface area contributed by atoms with Gasteiger partial charge in [0.1, 0.15) is 0 Å². The van der Waals surface area contributed by atoms with Crippen molar-refractivity contribution in [3.63, 3.8) is 0 Å². The van der Waals surface area contributed by atoms with Crippen LogP contribution in [0.15, 0.2) is 12.4 Å².